The summed E-state index contributed by atoms with van der Waals surface area (Å²) in [5, 5.41) is 19.6. The average Bonchev–Trinajstić information content (AvgIpc) is 1.58. The van der Waals surface area contributed by atoms with Gasteiger partial charge >= 0.3 is 63.2 Å². The van der Waals surface area contributed by atoms with Crippen molar-refractivity contribution in [1.82, 2.24) is 57.3 Å². The van der Waals surface area contributed by atoms with Crippen LogP contribution in [-0.2, 0) is 84.3 Å². The fourth-order valence-electron chi connectivity index (χ4n) is 18.7. The van der Waals surface area contributed by atoms with Crippen LogP contribution in [0.5, 0.6) is 0 Å². The molecule has 0 atom stereocenters. The molecule has 15 heterocycles. The van der Waals surface area contributed by atoms with Gasteiger partial charge < -0.3 is 42.4 Å². The van der Waals surface area contributed by atoms with E-state index < -0.39 is 0 Å². The molecular weight excluding hydrogens is 2350 g/mol. The molecule has 0 aliphatic heterocycles. The minimum Gasteiger partial charge on any atom is -0.367 e. The van der Waals surface area contributed by atoms with Crippen LogP contribution in [0.25, 0.3) is 246 Å². The van der Waals surface area contributed by atoms with Crippen molar-refractivity contribution in [3.05, 3.63) is 415 Å². The largest absolute Gasteiger partial charge is 2.00 e. The van der Waals surface area contributed by atoms with Gasteiger partial charge in [-0.1, -0.05) is 191 Å². The SMILES string of the molecule is Cn1c(-c2[c-]c3c(cc2)c2cc(-c4cccs4)ccc2n3-c2[c-]c(-c3ccc(-c4cccs4)cn3)ccc2)nc2ccccc21.Cn1c(-c2[c-]c3c(cc2)c2cc(-c4cccs4)ccc2n3-c2[c-]c(-c3ccccn3)ccc2-c2cccs2)nc2ccccc21.Cn1c(-c2[c-]c3c(cc2)c2ccccc2n3-c2[c-]c(-c3ccc(-c4cccs4)cn3)ccc2-c2cccs2)nc2ccccc21.[Pt+2].[Pt+2].[Pt+2]. The van der Waals surface area contributed by atoms with E-state index in [0.717, 1.165) is 190 Å². The molecule has 0 radical (unpaired) electrons. The number of fused-ring (bicyclic) bond motifs is 12. The van der Waals surface area contributed by atoms with Crippen molar-refractivity contribution in [2.75, 3.05) is 0 Å². The van der Waals surface area contributed by atoms with Crippen molar-refractivity contribution in [3.63, 3.8) is 0 Å². The number of rotatable bonds is 15. The molecule has 12 nitrogen and oxygen atoms in total. The van der Waals surface area contributed by atoms with Crippen molar-refractivity contribution >= 4 is 167 Å². The molecule has 0 N–H and O–H groups in total. The van der Waals surface area contributed by atoms with Crippen LogP contribution in [0.1, 0.15) is 0 Å². The Bertz CT molecular complexity index is 9150. The Hall–Kier alpha value is -13.8. The fourth-order valence-corrected chi connectivity index (χ4v) is 23.0. The molecule has 0 aliphatic carbocycles. The van der Waals surface area contributed by atoms with E-state index in [1.54, 1.807) is 68.0 Å². The van der Waals surface area contributed by atoms with Gasteiger partial charge in [0.15, 0.2) is 0 Å². The summed E-state index contributed by atoms with van der Waals surface area (Å²) in [6.07, 6.45) is 5.74. The molecular formula is C117H72N12Pt3S6. The summed E-state index contributed by atoms with van der Waals surface area (Å²) < 4.78 is 13.4. The summed E-state index contributed by atoms with van der Waals surface area (Å²) in [5.74, 6) is 2.67. The second-order valence-electron chi connectivity index (χ2n) is 33.0. The number of pyridine rings is 3. The van der Waals surface area contributed by atoms with E-state index in [0.29, 0.717) is 0 Å². The third kappa shape index (κ3) is 16.2. The van der Waals surface area contributed by atoms with Gasteiger partial charge in [0, 0.05) is 86.9 Å². The number of thiophene rings is 6. The Morgan fingerprint density at radius 3 is 1.00 bits per heavy atom. The van der Waals surface area contributed by atoms with Gasteiger partial charge in [-0.15, -0.1) is 194 Å². The zero-order valence-electron chi connectivity index (χ0n) is 73.6. The van der Waals surface area contributed by atoms with Crippen LogP contribution in [0.3, 0.4) is 0 Å². The average molecular weight is 2420 g/mol. The molecule has 138 heavy (non-hydrogen) atoms. The Labute approximate surface area is 861 Å². The van der Waals surface area contributed by atoms with Crippen molar-refractivity contribution in [2.45, 2.75) is 0 Å². The van der Waals surface area contributed by atoms with E-state index in [1.807, 2.05) is 55.0 Å². The maximum Gasteiger partial charge on any atom is 2.00 e. The molecule has 0 bridgehead atoms. The zero-order valence-corrected chi connectivity index (χ0v) is 85.4. The van der Waals surface area contributed by atoms with Crippen LogP contribution < -0.4 is 0 Å². The van der Waals surface area contributed by atoms with Crippen LogP contribution in [-0.4, -0.2) is 57.3 Å². The standard InChI is InChI=1S/3C39H24N4S2.3Pt/c1-42-34-11-5-3-9-32(34)41-39(42)26-15-17-29-28-8-2-4-10-33(28)43(35(29)23-26)36-22-25(14-18-30(36)38-13-7-21-45-38)31-19-16-27(24-40-31)37-12-6-20-44-37;1-42-35-10-3-2-9-33(35)41-39(42)27-13-16-30-31-22-26(37-11-5-19-44-37)15-18-34(31)43(36(30)23-27)29-8-4-7-25(21-29)32-17-14-28(24-40-32)38-12-6-20-45-38;1-42-34-10-3-2-9-32(34)41-39(42)27-14-16-28-30-22-26(37-11-6-20-44-37)15-18-33(30)43(35(28)24-27)36-23-25(31-8-4-5-19-40-31)13-17-29(36)38-12-7-21-45-38;;;/h2-21,24H,1H3;2-20,22,24H,1H3;2-22H,1H3;;;/q3*-2;3*+2. The maximum absolute atomic E-state index is 5.01. The third-order valence-corrected chi connectivity index (χ3v) is 30.6. The van der Waals surface area contributed by atoms with E-state index in [-0.39, 0.29) is 63.2 Å². The molecule has 21 heteroatoms. The summed E-state index contributed by atoms with van der Waals surface area (Å²) in [6.45, 7) is 0. The van der Waals surface area contributed by atoms with E-state index in [4.69, 9.17) is 24.9 Å². The van der Waals surface area contributed by atoms with Crippen LogP contribution in [0.2, 0.25) is 0 Å². The van der Waals surface area contributed by atoms with Gasteiger partial charge in [-0.3, -0.25) is 15.0 Å². The number of imidazole rings is 3. The van der Waals surface area contributed by atoms with Gasteiger partial charge in [0.2, 0.25) is 0 Å². The Kier molecular flexibility index (Phi) is 24.6. The quantitative estimate of drug-likeness (QED) is 0.0947. The van der Waals surface area contributed by atoms with E-state index >= 15 is 0 Å². The second kappa shape index (κ2) is 37.9. The predicted octanol–water partition coefficient (Wildman–Crippen LogP) is 31.4. The first-order chi connectivity index (χ1) is 66.7. The zero-order chi connectivity index (χ0) is 89.7. The Balaban J connectivity index is 0.000000118. The summed E-state index contributed by atoms with van der Waals surface area (Å²) in [4.78, 5) is 36.7. The van der Waals surface area contributed by atoms with E-state index in [1.165, 1.54) is 56.5 Å². The molecule has 0 fully saturated rings. The molecule has 666 valence electrons. The van der Waals surface area contributed by atoms with Crippen molar-refractivity contribution < 1.29 is 63.2 Å². The maximum atomic E-state index is 5.01. The van der Waals surface area contributed by atoms with Crippen LogP contribution in [0.4, 0.5) is 0 Å². The number of hydrogen-bond donors (Lipinski definition) is 0. The molecule has 15 aromatic heterocycles. The predicted molar refractivity (Wildman–Crippen MR) is 564 cm³/mol. The number of aryl methyl sites for hydroxylation is 3. The fraction of sp³-hybridized carbons (Fsp3) is 0.0256. The van der Waals surface area contributed by atoms with Crippen LogP contribution >= 0.6 is 68.0 Å². The first-order valence-corrected chi connectivity index (χ1v) is 49.4. The van der Waals surface area contributed by atoms with Crippen LogP contribution in [0.15, 0.2) is 378 Å². The molecule has 0 spiro atoms. The molecule has 0 unspecified atom stereocenters. The van der Waals surface area contributed by atoms with E-state index in [2.05, 4.69) is 413 Å². The molecule has 12 aromatic carbocycles. The number of nitrogens with zero attached hydrogens (tertiary/aromatic N) is 12. The smallest absolute Gasteiger partial charge is 0.367 e. The first kappa shape index (κ1) is 89.4. The first-order valence-electron chi connectivity index (χ1n) is 44.1. The minimum atomic E-state index is 0. The molecule has 0 saturated heterocycles. The number of aromatic nitrogens is 12. The van der Waals surface area contributed by atoms with E-state index in [9.17, 15) is 0 Å². The number of para-hydroxylation sites is 7. The third-order valence-electron chi connectivity index (χ3n) is 25.2. The summed E-state index contributed by atoms with van der Waals surface area (Å²) in [7, 11) is 6.21. The van der Waals surface area contributed by atoms with Gasteiger partial charge in [-0.2, -0.15) is 22.7 Å². The second-order valence-corrected chi connectivity index (χ2v) is 38.7. The van der Waals surface area contributed by atoms with Gasteiger partial charge in [0.1, 0.15) is 0 Å². The Morgan fingerprint density at radius 2 is 0.594 bits per heavy atom. The minimum absolute atomic E-state index is 0. The summed E-state index contributed by atoms with van der Waals surface area (Å²) in [6, 6.07) is 138. The number of benzene rings is 12. The van der Waals surface area contributed by atoms with Crippen LogP contribution in [0, 0.1) is 36.4 Å². The van der Waals surface area contributed by atoms with Crippen molar-refractivity contribution in [2.24, 2.45) is 21.1 Å². The summed E-state index contributed by atoms with van der Waals surface area (Å²) >= 11 is 10.4. The number of hydrogen-bond acceptors (Lipinski definition) is 12. The van der Waals surface area contributed by atoms with Gasteiger partial charge in [-0.05, 0) is 205 Å². The van der Waals surface area contributed by atoms with Crippen molar-refractivity contribution in [3.8, 4) is 148 Å². The molecule has 27 rings (SSSR count). The van der Waals surface area contributed by atoms with Gasteiger partial charge in [0.25, 0.3) is 0 Å². The molecule has 27 aromatic rings. The molecule has 0 saturated carbocycles. The topological polar surface area (TPSA) is 107 Å². The van der Waals surface area contributed by atoms with Gasteiger partial charge in [0.05, 0.1) is 50.6 Å². The molecule has 0 amide bonds. The monoisotopic (exact) mass is 2420 g/mol. The Morgan fingerprint density at radius 1 is 0.239 bits per heavy atom. The van der Waals surface area contributed by atoms with Crippen molar-refractivity contribution in [1.29, 1.82) is 0 Å². The summed E-state index contributed by atoms with van der Waals surface area (Å²) in [5.41, 5.74) is 30.7. The molecule has 0 aliphatic rings. The van der Waals surface area contributed by atoms with Gasteiger partial charge in [-0.25, -0.2) is 0 Å². The normalized spacial score (nSPS) is 11.4.